The molecule has 0 N–H and O–H groups in total. The minimum atomic E-state index is 0.166. The molecule has 1 aromatic heterocycles. The van der Waals surface area contributed by atoms with E-state index in [2.05, 4.69) is 61.0 Å². The molecular weight excluding hydrogens is 318 g/mol. The first-order valence-corrected chi connectivity index (χ1v) is 10.5. The van der Waals surface area contributed by atoms with Gasteiger partial charge >= 0.3 is 0 Å². The smallest absolute Gasteiger partial charge is 0.0950 e. The third kappa shape index (κ3) is 1.64. The molecule has 0 amide bonds. The number of hydrogen-bond donors (Lipinski definition) is 0. The fourth-order valence-corrected chi connectivity index (χ4v) is 7.72. The Bertz CT molecular complexity index is 851. The lowest BCUT2D eigenvalue weighted by atomic mass is 9.47. The maximum absolute atomic E-state index is 4.91. The maximum Gasteiger partial charge on any atom is 0.0950 e. The highest BCUT2D eigenvalue weighted by Gasteiger charge is 2.66. The molecule has 0 radical (unpaired) electrons. The lowest BCUT2D eigenvalue weighted by molar-refractivity contribution is -0.0631. The summed E-state index contributed by atoms with van der Waals surface area (Å²) < 4.78 is 2.37. The van der Waals surface area contributed by atoms with Crippen LogP contribution < -0.4 is 4.90 Å². The van der Waals surface area contributed by atoms with Crippen molar-refractivity contribution in [2.24, 2.45) is 30.7 Å². The number of nitrogens with zero attached hydrogens (tertiary/aromatic N) is 3. The lowest BCUT2D eigenvalue weighted by Crippen LogP contribution is -2.62. The molecule has 26 heavy (non-hydrogen) atoms. The number of imidazole rings is 1. The minimum absolute atomic E-state index is 0.166. The average Bonchev–Trinajstić information content (AvgIpc) is 3.11. The standard InChI is InChI=1S/C23H29N3/c1-14-6-4-5-7-20(14)26-15(2)21-22(25(3)13-24-21)23(26)18-9-16-8-17(11-18)12-19(23)10-16/h4-7,13,15-19H,8-12H2,1-3H3/t15-,16?,17?,18?,19?,23?/m0/s1. The summed E-state index contributed by atoms with van der Waals surface area (Å²) in [5.74, 6) is 3.54. The number of hydrogen-bond acceptors (Lipinski definition) is 2. The van der Waals surface area contributed by atoms with E-state index in [-0.39, 0.29) is 5.54 Å². The second-order valence-electron chi connectivity index (χ2n) is 9.55. The molecule has 5 aliphatic rings. The summed E-state index contributed by atoms with van der Waals surface area (Å²) in [6, 6.07) is 9.39. The number of fused-ring (bicyclic) bond motifs is 1. The van der Waals surface area contributed by atoms with E-state index >= 15 is 0 Å². The van der Waals surface area contributed by atoms with E-state index < -0.39 is 0 Å². The predicted octanol–water partition coefficient (Wildman–Crippen LogP) is 4.96. The zero-order valence-corrected chi connectivity index (χ0v) is 16.2. The van der Waals surface area contributed by atoms with Gasteiger partial charge in [-0.15, -0.1) is 0 Å². The van der Waals surface area contributed by atoms with Gasteiger partial charge < -0.3 is 9.47 Å². The molecule has 1 aromatic carbocycles. The van der Waals surface area contributed by atoms with Crippen LogP contribution in [0.1, 0.15) is 62.0 Å². The fraction of sp³-hybridized carbons (Fsp3) is 0.609. The lowest BCUT2D eigenvalue weighted by Gasteiger charge is -2.63. The Morgan fingerprint density at radius 1 is 1.00 bits per heavy atom. The summed E-state index contributed by atoms with van der Waals surface area (Å²) in [4.78, 5) is 7.74. The first-order chi connectivity index (χ1) is 12.6. The van der Waals surface area contributed by atoms with E-state index in [1.807, 2.05) is 0 Å². The van der Waals surface area contributed by atoms with Crippen molar-refractivity contribution in [3.05, 3.63) is 47.5 Å². The molecule has 0 unspecified atom stereocenters. The van der Waals surface area contributed by atoms with Gasteiger partial charge in [0.05, 0.1) is 29.3 Å². The summed E-state index contributed by atoms with van der Waals surface area (Å²) in [5.41, 5.74) is 5.88. The highest BCUT2D eigenvalue weighted by Crippen LogP contribution is 2.68. The Morgan fingerprint density at radius 3 is 2.31 bits per heavy atom. The SMILES string of the molecule is Cc1ccccc1N1[C@@H](C)c2ncn(C)c2C12C1CC3CC(C1)CC2C3. The Labute approximate surface area is 156 Å². The number of benzene rings is 1. The molecule has 4 fully saturated rings. The van der Waals surface area contributed by atoms with Gasteiger partial charge in [-0.25, -0.2) is 4.98 Å². The monoisotopic (exact) mass is 347 g/mol. The molecule has 136 valence electrons. The normalized spacial score (nSPS) is 39.8. The highest BCUT2D eigenvalue weighted by atomic mass is 15.3. The third-order valence-corrected chi connectivity index (χ3v) is 8.28. The Hall–Kier alpha value is -1.77. The van der Waals surface area contributed by atoms with E-state index in [9.17, 15) is 0 Å². The molecule has 2 heterocycles. The van der Waals surface area contributed by atoms with Crippen molar-refractivity contribution in [3.63, 3.8) is 0 Å². The average molecular weight is 348 g/mol. The van der Waals surface area contributed by atoms with Gasteiger partial charge in [0.25, 0.3) is 0 Å². The van der Waals surface area contributed by atoms with Gasteiger partial charge in [0.1, 0.15) is 0 Å². The van der Waals surface area contributed by atoms with Crippen molar-refractivity contribution < 1.29 is 0 Å². The number of rotatable bonds is 1. The minimum Gasteiger partial charge on any atom is -0.351 e. The Morgan fingerprint density at radius 2 is 1.65 bits per heavy atom. The van der Waals surface area contributed by atoms with Gasteiger partial charge in [-0.2, -0.15) is 0 Å². The van der Waals surface area contributed by atoms with Crippen LogP contribution in [-0.2, 0) is 12.6 Å². The van der Waals surface area contributed by atoms with Crippen LogP contribution in [0, 0.1) is 30.6 Å². The van der Waals surface area contributed by atoms with Crippen LogP contribution in [0.3, 0.4) is 0 Å². The van der Waals surface area contributed by atoms with Gasteiger partial charge in [0, 0.05) is 12.7 Å². The van der Waals surface area contributed by atoms with E-state index in [1.54, 1.807) is 5.69 Å². The molecule has 3 nitrogen and oxygen atoms in total. The molecule has 1 spiro atoms. The second-order valence-corrected chi connectivity index (χ2v) is 9.55. The molecule has 4 bridgehead atoms. The van der Waals surface area contributed by atoms with Gasteiger partial charge in [0.15, 0.2) is 0 Å². The fourth-order valence-electron chi connectivity index (χ4n) is 7.72. The van der Waals surface area contributed by atoms with Crippen molar-refractivity contribution in [1.82, 2.24) is 9.55 Å². The van der Waals surface area contributed by atoms with Crippen LogP contribution in [0.5, 0.6) is 0 Å². The van der Waals surface area contributed by atoms with E-state index in [1.165, 1.54) is 49.0 Å². The maximum atomic E-state index is 4.91. The summed E-state index contributed by atoms with van der Waals surface area (Å²) in [6.07, 6.45) is 9.27. The molecule has 0 saturated heterocycles. The third-order valence-electron chi connectivity index (χ3n) is 8.28. The van der Waals surface area contributed by atoms with Crippen LogP contribution in [0.4, 0.5) is 5.69 Å². The van der Waals surface area contributed by atoms with Crippen LogP contribution in [0.15, 0.2) is 30.6 Å². The number of aromatic nitrogens is 2. The topological polar surface area (TPSA) is 21.1 Å². The summed E-state index contributed by atoms with van der Waals surface area (Å²) in [5, 5.41) is 0. The van der Waals surface area contributed by atoms with Crippen LogP contribution in [-0.4, -0.2) is 9.55 Å². The van der Waals surface area contributed by atoms with E-state index in [4.69, 9.17) is 4.98 Å². The van der Waals surface area contributed by atoms with Crippen molar-refractivity contribution in [2.45, 2.75) is 57.5 Å². The molecule has 7 rings (SSSR count). The summed E-state index contributed by atoms with van der Waals surface area (Å²) in [6.45, 7) is 4.67. The molecular formula is C23H29N3. The molecule has 4 saturated carbocycles. The number of anilines is 1. The molecule has 1 atom stereocenters. The van der Waals surface area contributed by atoms with Crippen LogP contribution >= 0.6 is 0 Å². The van der Waals surface area contributed by atoms with Crippen molar-refractivity contribution >= 4 is 5.69 Å². The first-order valence-electron chi connectivity index (χ1n) is 10.5. The van der Waals surface area contributed by atoms with Crippen LogP contribution in [0.2, 0.25) is 0 Å². The summed E-state index contributed by atoms with van der Waals surface area (Å²) in [7, 11) is 2.23. The van der Waals surface area contributed by atoms with E-state index in [0.717, 1.165) is 23.7 Å². The van der Waals surface area contributed by atoms with Gasteiger partial charge in [-0.1, -0.05) is 18.2 Å². The number of para-hydroxylation sites is 1. The van der Waals surface area contributed by atoms with E-state index in [0.29, 0.717) is 6.04 Å². The zero-order valence-electron chi connectivity index (χ0n) is 16.2. The second kappa shape index (κ2) is 4.94. The molecule has 3 heteroatoms. The first kappa shape index (κ1) is 15.3. The Kier molecular flexibility index (Phi) is 2.90. The van der Waals surface area contributed by atoms with Gasteiger partial charge in [-0.3, -0.25) is 0 Å². The molecule has 1 aliphatic heterocycles. The zero-order chi connectivity index (χ0) is 17.6. The molecule has 4 aliphatic carbocycles. The summed E-state index contributed by atoms with van der Waals surface area (Å²) >= 11 is 0. The van der Waals surface area contributed by atoms with Gasteiger partial charge in [0.2, 0.25) is 0 Å². The molecule has 2 aromatic rings. The quantitative estimate of drug-likeness (QED) is 0.727. The predicted molar refractivity (Wildman–Crippen MR) is 104 cm³/mol. The van der Waals surface area contributed by atoms with Crippen LogP contribution in [0.25, 0.3) is 0 Å². The largest absolute Gasteiger partial charge is 0.351 e. The highest BCUT2D eigenvalue weighted by molar-refractivity contribution is 5.63. The van der Waals surface area contributed by atoms with Crippen molar-refractivity contribution in [2.75, 3.05) is 4.90 Å². The Balaban J connectivity index is 1.63. The van der Waals surface area contributed by atoms with Crippen molar-refractivity contribution in [1.29, 1.82) is 0 Å². The van der Waals surface area contributed by atoms with Gasteiger partial charge in [-0.05, 0) is 81.3 Å². The number of aryl methyl sites for hydroxylation is 2. The van der Waals surface area contributed by atoms with Crippen molar-refractivity contribution in [3.8, 4) is 0 Å².